The highest BCUT2D eigenvalue weighted by Crippen LogP contribution is 2.38. The van der Waals surface area contributed by atoms with Crippen molar-refractivity contribution in [3.63, 3.8) is 0 Å². The second-order valence-corrected chi connectivity index (χ2v) is 5.98. The first-order valence-electron chi connectivity index (χ1n) is 5.81. The van der Waals surface area contributed by atoms with E-state index in [0.717, 1.165) is 18.2 Å². The fraction of sp³-hybridized carbons (Fsp3) is 0.250. The first-order chi connectivity index (χ1) is 10.3. The van der Waals surface area contributed by atoms with Crippen LogP contribution >= 0.6 is 0 Å². The van der Waals surface area contributed by atoms with E-state index in [2.05, 4.69) is 9.17 Å². The van der Waals surface area contributed by atoms with Gasteiger partial charge in [-0.1, -0.05) is 6.07 Å². The molecule has 0 spiro atoms. The number of pyridine rings is 1. The van der Waals surface area contributed by atoms with E-state index in [0.29, 0.717) is 6.07 Å². The molecule has 0 atom stereocenters. The first-order valence-corrected chi connectivity index (χ1v) is 7.22. The standard InChI is InChI=1S/C12H7F6NO3S/c1-6-5-9(22-23(20,21)12(16,17)18)7-3-2-4-8(10(7)19-6)11(13,14)15/h2-5H,1H3. The van der Waals surface area contributed by atoms with Gasteiger partial charge < -0.3 is 4.18 Å². The Kier molecular flexibility index (Phi) is 3.95. The Morgan fingerprint density at radius 1 is 1.09 bits per heavy atom. The Labute approximate surface area is 125 Å². The van der Waals surface area contributed by atoms with Crippen molar-refractivity contribution in [3.8, 4) is 5.75 Å². The van der Waals surface area contributed by atoms with Gasteiger partial charge in [0.05, 0.1) is 11.1 Å². The largest absolute Gasteiger partial charge is 0.534 e. The molecular formula is C12H7F6NO3S. The van der Waals surface area contributed by atoms with Crippen LogP contribution in [0, 0.1) is 6.92 Å². The lowest BCUT2D eigenvalue weighted by atomic mass is 10.1. The van der Waals surface area contributed by atoms with E-state index in [4.69, 9.17) is 0 Å². The Bertz CT molecular complexity index is 857. The minimum Gasteiger partial charge on any atom is -0.375 e. The molecule has 0 saturated heterocycles. The number of hydrogen-bond donors (Lipinski definition) is 0. The van der Waals surface area contributed by atoms with Crippen LogP contribution in [0.25, 0.3) is 10.9 Å². The number of halogens is 6. The quantitative estimate of drug-likeness (QED) is 0.465. The van der Waals surface area contributed by atoms with Gasteiger partial charge >= 0.3 is 21.8 Å². The summed E-state index contributed by atoms with van der Waals surface area (Å²) in [5, 5.41) is -0.502. The van der Waals surface area contributed by atoms with E-state index in [1.807, 2.05) is 0 Å². The zero-order valence-corrected chi connectivity index (χ0v) is 12.0. The topological polar surface area (TPSA) is 56.3 Å². The smallest absolute Gasteiger partial charge is 0.375 e. The minimum atomic E-state index is -6.02. The normalized spacial score (nSPS) is 13.3. The molecule has 0 amide bonds. The third-order valence-electron chi connectivity index (χ3n) is 2.72. The van der Waals surface area contributed by atoms with E-state index in [1.54, 1.807) is 0 Å². The molecule has 2 aromatic rings. The number of benzene rings is 1. The van der Waals surface area contributed by atoms with Crippen LogP contribution in [-0.4, -0.2) is 18.9 Å². The van der Waals surface area contributed by atoms with E-state index >= 15 is 0 Å². The van der Waals surface area contributed by atoms with Crippen LogP contribution < -0.4 is 4.18 Å². The Hall–Kier alpha value is -2.04. The maximum Gasteiger partial charge on any atom is 0.534 e. The molecule has 0 bridgehead atoms. The molecule has 0 unspecified atom stereocenters. The molecule has 0 aliphatic carbocycles. The molecule has 1 heterocycles. The Balaban J connectivity index is 2.72. The fourth-order valence-electron chi connectivity index (χ4n) is 1.80. The summed E-state index contributed by atoms with van der Waals surface area (Å²) in [6.45, 7) is 1.19. The molecule has 0 aliphatic rings. The molecule has 2 rings (SSSR count). The highest BCUT2D eigenvalue weighted by molar-refractivity contribution is 7.88. The molecule has 0 N–H and O–H groups in total. The highest BCUT2D eigenvalue weighted by atomic mass is 32.2. The van der Waals surface area contributed by atoms with Gasteiger partial charge in [0.1, 0.15) is 0 Å². The Morgan fingerprint density at radius 3 is 2.22 bits per heavy atom. The molecule has 0 radical (unpaired) electrons. The van der Waals surface area contributed by atoms with Crippen molar-refractivity contribution in [1.82, 2.24) is 4.98 Å². The SMILES string of the molecule is Cc1cc(OS(=O)(=O)C(F)(F)F)c2cccc(C(F)(F)F)c2n1. The summed E-state index contributed by atoms with van der Waals surface area (Å²) in [6.07, 6.45) is -4.82. The number of rotatable bonds is 2. The highest BCUT2D eigenvalue weighted by Gasteiger charge is 2.49. The average Bonchev–Trinajstić information content (AvgIpc) is 2.34. The molecule has 4 nitrogen and oxygen atoms in total. The minimum absolute atomic E-state index is 0.137. The summed E-state index contributed by atoms with van der Waals surface area (Å²) in [4.78, 5) is 3.62. The molecule has 1 aromatic heterocycles. The van der Waals surface area contributed by atoms with E-state index in [-0.39, 0.29) is 5.69 Å². The third-order valence-corrected chi connectivity index (χ3v) is 3.68. The average molecular weight is 359 g/mol. The summed E-state index contributed by atoms with van der Waals surface area (Å²) in [6, 6.07) is 3.38. The molecular weight excluding hydrogens is 352 g/mol. The maximum absolute atomic E-state index is 12.9. The summed E-state index contributed by atoms with van der Waals surface area (Å²) in [5.74, 6) is -0.879. The monoisotopic (exact) mass is 359 g/mol. The second-order valence-electron chi connectivity index (χ2n) is 4.44. The van der Waals surface area contributed by atoms with Crippen LogP contribution in [0.1, 0.15) is 11.3 Å². The number of para-hydroxylation sites is 1. The zero-order chi connectivity index (χ0) is 17.6. The van der Waals surface area contributed by atoms with Crippen LogP contribution in [-0.2, 0) is 16.3 Å². The van der Waals surface area contributed by atoms with E-state index in [1.165, 1.54) is 6.92 Å². The lowest BCUT2D eigenvalue weighted by Gasteiger charge is -2.14. The van der Waals surface area contributed by atoms with E-state index < -0.39 is 44.0 Å². The van der Waals surface area contributed by atoms with Crippen molar-refractivity contribution in [1.29, 1.82) is 0 Å². The van der Waals surface area contributed by atoms with Crippen molar-refractivity contribution >= 4 is 21.0 Å². The van der Waals surface area contributed by atoms with Gasteiger partial charge in [-0.3, -0.25) is 4.98 Å². The third kappa shape index (κ3) is 3.33. The van der Waals surface area contributed by atoms with Crippen molar-refractivity contribution in [2.45, 2.75) is 18.6 Å². The van der Waals surface area contributed by atoms with Crippen LogP contribution in [0.15, 0.2) is 24.3 Å². The van der Waals surface area contributed by atoms with Gasteiger partial charge in [0.2, 0.25) is 0 Å². The van der Waals surface area contributed by atoms with E-state index in [9.17, 15) is 34.8 Å². The van der Waals surface area contributed by atoms with Crippen LogP contribution in [0.5, 0.6) is 5.75 Å². The molecule has 0 saturated carbocycles. The summed E-state index contributed by atoms with van der Waals surface area (Å²) in [5.41, 5.74) is -7.76. The van der Waals surface area contributed by atoms with Gasteiger partial charge in [-0.2, -0.15) is 34.8 Å². The lowest BCUT2D eigenvalue weighted by Crippen LogP contribution is -2.28. The lowest BCUT2D eigenvalue weighted by molar-refractivity contribution is -0.136. The molecule has 1 aromatic carbocycles. The zero-order valence-electron chi connectivity index (χ0n) is 11.2. The fourth-order valence-corrected chi connectivity index (χ4v) is 2.27. The number of aromatic nitrogens is 1. The van der Waals surface area contributed by atoms with Crippen LogP contribution in [0.2, 0.25) is 0 Å². The summed E-state index contributed by atoms with van der Waals surface area (Å²) >= 11 is 0. The van der Waals surface area contributed by atoms with Gasteiger partial charge in [0, 0.05) is 17.1 Å². The number of aryl methyl sites for hydroxylation is 1. The van der Waals surface area contributed by atoms with Gasteiger partial charge in [0.25, 0.3) is 0 Å². The number of nitrogens with zero attached hydrogens (tertiary/aromatic N) is 1. The van der Waals surface area contributed by atoms with Crippen molar-refractivity contribution < 1.29 is 38.9 Å². The van der Waals surface area contributed by atoms with Crippen molar-refractivity contribution in [3.05, 3.63) is 35.5 Å². The van der Waals surface area contributed by atoms with Gasteiger partial charge in [0.15, 0.2) is 5.75 Å². The van der Waals surface area contributed by atoms with Gasteiger partial charge in [-0.05, 0) is 19.1 Å². The predicted molar refractivity (Wildman–Crippen MR) is 67.1 cm³/mol. The van der Waals surface area contributed by atoms with Gasteiger partial charge in [-0.25, -0.2) is 0 Å². The Morgan fingerprint density at radius 2 is 1.70 bits per heavy atom. The van der Waals surface area contributed by atoms with Crippen LogP contribution in [0.3, 0.4) is 0 Å². The first kappa shape index (κ1) is 17.3. The maximum atomic E-state index is 12.9. The molecule has 126 valence electrons. The number of hydrogen-bond acceptors (Lipinski definition) is 4. The molecule has 0 fully saturated rings. The van der Waals surface area contributed by atoms with Crippen molar-refractivity contribution in [2.75, 3.05) is 0 Å². The molecule has 11 heteroatoms. The second kappa shape index (κ2) is 5.25. The molecule has 23 heavy (non-hydrogen) atoms. The molecule has 0 aliphatic heterocycles. The van der Waals surface area contributed by atoms with Gasteiger partial charge in [-0.15, -0.1) is 0 Å². The van der Waals surface area contributed by atoms with Crippen molar-refractivity contribution in [2.24, 2.45) is 0 Å². The van der Waals surface area contributed by atoms with Crippen LogP contribution in [0.4, 0.5) is 26.3 Å². The number of alkyl halides is 6. The predicted octanol–water partition coefficient (Wildman–Crippen LogP) is 3.79. The summed E-state index contributed by atoms with van der Waals surface area (Å²) < 4.78 is 102. The summed E-state index contributed by atoms with van der Waals surface area (Å²) in [7, 11) is -6.02. The number of fused-ring (bicyclic) bond motifs is 1.